The van der Waals surface area contributed by atoms with Crippen LogP contribution in [0.2, 0.25) is 0 Å². The molecule has 0 saturated heterocycles. The predicted molar refractivity (Wildman–Crippen MR) is 70.7 cm³/mol. The zero-order chi connectivity index (χ0) is 11.4. The molecular weight excluding hydrogens is 239 g/mol. The van der Waals surface area contributed by atoms with Crippen LogP contribution in [0.15, 0.2) is 24.3 Å². The first kappa shape index (κ1) is 14.4. The lowest BCUT2D eigenvalue weighted by Gasteiger charge is -2.27. The van der Waals surface area contributed by atoms with E-state index in [1.807, 2.05) is 12.1 Å². The molecule has 1 saturated carbocycles. The van der Waals surface area contributed by atoms with Crippen molar-refractivity contribution in [3.05, 3.63) is 35.6 Å². The molecule has 0 amide bonds. The summed E-state index contributed by atoms with van der Waals surface area (Å²) < 4.78 is 13.3. The van der Waals surface area contributed by atoms with E-state index in [2.05, 4.69) is 5.32 Å². The second kappa shape index (κ2) is 6.94. The number of nitrogens with two attached hydrogens (primary N) is 1. The average molecular weight is 259 g/mol. The molecule has 1 fully saturated rings. The van der Waals surface area contributed by atoms with Gasteiger partial charge >= 0.3 is 0 Å². The monoisotopic (exact) mass is 258 g/mol. The molecule has 0 aliphatic heterocycles. The molecule has 96 valence electrons. The van der Waals surface area contributed by atoms with Crippen LogP contribution in [0.25, 0.3) is 0 Å². The van der Waals surface area contributed by atoms with Crippen LogP contribution in [0.1, 0.15) is 31.2 Å². The lowest BCUT2D eigenvalue weighted by atomic mass is 9.92. The first-order valence-corrected chi connectivity index (χ1v) is 5.98. The normalized spacial score (nSPS) is 24.1. The molecule has 1 aliphatic rings. The third-order valence-corrected chi connectivity index (χ3v) is 3.31. The molecule has 0 atom stereocenters. The Morgan fingerprint density at radius 1 is 1.18 bits per heavy atom. The van der Waals surface area contributed by atoms with Crippen molar-refractivity contribution in [3.63, 3.8) is 0 Å². The molecule has 0 aromatic heterocycles. The minimum atomic E-state index is -0.123. The van der Waals surface area contributed by atoms with Crippen LogP contribution in [0.3, 0.4) is 0 Å². The zero-order valence-corrected chi connectivity index (χ0v) is 10.7. The van der Waals surface area contributed by atoms with E-state index in [1.165, 1.54) is 6.07 Å². The third-order valence-electron chi connectivity index (χ3n) is 3.31. The van der Waals surface area contributed by atoms with Crippen molar-refractivity contribution >= 4 is 12.4 Å². The molecular formula is C13H20ClFN2. The quantitative estimate of drug-likeness (QED) is 0.875. The Kier molecular flexibility index (Phi) is 5.89. The molecule has 0 bridgehead atoms. The fourth-order valence-electron chi connectivity index (χ4n) is 2.22. The van der Waals surface area contributed by atoms with Gasteiger partial charge in [0, 0.05) is 24.2 Å². The van der Waals surface area contributed by atoms with E-state index in [4.69, 9.17) is 5.73 Å². The molecule has 17 heavy (non-hydrogen) atoms. The van der Waals surface area contributed by atoms with Crippen molar-refractivity contribution in [2.75, 3.05) is 0 Å². The first-order valence-electron chi connectivity index (χ1n) is 5.98. The van der Waals surface area contributed by atoms with Gasteiger partial charge in [0.05, 0.1) is 0 Å². The highest BCUT2D eigenvalue weighted by Crippen LogP contribution is 2.17. The molecule has 1 aromatic carbocycles. The highest BCUT2D eigenvalue weighted by molar-refractivity contribution is 5.85. The van der Waals surface area contributed by atoms with Gasteiger partial charge in [-0.1, -0.05) is 18.2 Å². The van der Waals surface area contributed by atoms with Gasteiger partial charge in [-0.2, -0.15) is 0 Å². The molecule has 2 nitrogen and oxygen atoms in total. The SMILES string of the molecule is Cl.NC1CCC(NCc2ccccc2F)CC1. The Morgan fingerprint density at radius 2 is 1.82 bits per heavy atom. The highest BCUT2D eigenvalue weighted by atomic mass is 35.5. The maximum absolute atomic E-state index is 13.3. The second-order valence-electron chi connectivity index (χ2n) is 4.58. The van der Waals surface area contributed by atoms with Gasteiger partial charge in [0.1, 0.15) is 5.82 Å². The van der Waals surface area contributed by atoms with Gasteiger partial charge < -0.3 is 11.1 Å². The number of halogens is 2. The van der Waals surface area contributed by atoms with E-state index >= 15 is 0 Å². The maximum atomic E-state index is 13.3. The van der Waals surface area contributed by atoms with Crippen LogP contribution >= 0.6 is 12.4 Å². The summed E-state index contributed by atoms with van der Waals surface area (Å²) >= 11 is 0. The molecule has 0 spiro atoms. The van der Waals surface area contributed by atoms with Gasteiger partial charge in [0.2, 0.25) is 0 Å². The number of hydrogen-bond acceptors (Lipinski definition) is 2. The van der Waals surface area contributed by atoms with Crippen LogP contribution in [-0.4, -0.2) is 12.1 Å². The molecule has 3 N–H and O–H groups in total. The van der Waals surface area contributed by atoms with E-state index in [-0.39, 0.29) is 18.2 Å². The molecule has 0 heterocycles. The maximum Gasteiger partial charge on any atom is 0.127 e. The molecule has 0 unspecified atom stereocenters. The summed E-state index contributed by atoms with van der Waals surface area (Å²) in [7, 11) is 0. The fourth-order valence-corrected chi connectivity index (χ4v) is 2.22. The standard InChI is InChI=1S/C13H19FN2.ClH/c14-13-4-2-1-3-10(13)9-16-12-7-5-11(15)6-8-12;/h1-4,11-12,16H,5-9,15H2;1H. The summed E-state index contributed by atoms with van der Waals surface area (Å²) in [6, 6.07) is 7.80. The smallest absolute Gasteiger partial charge is 0.127 e. The summed E-state index contributed by atoms with van der Waals surface area (Å²) in [6.45, 7) is 0.618. The number of nitrogens with one attached hydrogen (secondary N) is 1. The third kappa shape index (κ3) is 4.26. The van der Waals surface area contributed by atoms with Crippen LogP contribution in [-0.2, 0) is 6.54 Å². The van der Waals surface area contributed by atoms with E-state index in [1.54, 1.807) is 6.07 Å². The summed E-state index contributed by atoms with van der Waals surface area (Å²) in [6.07, 6.45) is 4.37. The van der Waals surface area contributed by atoms with Crippen LogP contribution in [0.5, 0.6) is 0 Å². The number of rotatable bonds is 3. The van der Waals surface area contributed by atoms with Gasteiger partial charge in [-0.25, -0.2) is 4.39 Å². The van der Waals surface area contributed by atoms with Crippen molar-refractivity contribution in [1.82, 2.24) is 5.32 Å². The zero-order valence-electron chi connectivity index (χ0n) is 9.86. The first-order chi connectivity index (χ1) is 7.75. The van der Waals surface area contributed by atoms with Crippen molar-refractivity contribution in [2.24, 2.45) is 5.73 Å². The molecule has 1 aliphatic carbocycles. The molecule has 2 rings (SSSR count). The van der Waals surface area contributed by atoms with Crippen molar-refractivity contribution in [2.45, 2.75) is 44.3 Å². The van der Waals surface area contributed by atoms with E-state index in [0.29, 0.717) is 18.6 Å². The lowest BCUT2D eigenvalue weighted by Crippen LogP contribution is -2.37. The topological polar surface area (TPSA) is 38.0 Å². The van der Waals surface area contributed by atoms with Gasteiger partial charge in [-0.3, -0.25) is 0 Å². The predicted octanol–water partition coefficient (Wildman–Crippen LogP) is 2.61. The number of hydrogen-bond donors (Lipinski definition) is 2. The van der Waals surface area contributed by atoms with Crippen molar-refractivity contribution in [3.8, 4) is 0 Å². The summed E-state index contributed by atoms with van der Waals surface area (Å²) in [5, 5.41) is 3.40. The van der Waals surface area contributed by atoms with Crippen molar-refractivity contribution in [1.29, 1.82) is 0 Å². The summed E-state index contributed by atoms with van der Waals surface area (Å²) in [5.41, 5.74) is 6.59. The Bertz CT molecular complexity index is 338. The van der Waals surface area contributed by atoms with Gasteiger partial charge in [-0.05, 0) is 31.7 Å². The minimum Gasteiger partial charge on any atom is -0.328 e. The highest BCUT2D eigenvalue weighted by Gasteiger charge is 2.17. The Hall–Kier alpha value is -0.640. The Labute approximate surface area is 108 Å². The van der Waals surface area contributed by atoms with Gasteiger partial charge in [0.25, 0.3) is 0 Å². The van der Waals surface area contributed by atoms with Crippen LogP contribution < -0.4 is 11.1 Å². The van der Waals surface area contributed by atoms with Gasteiger partial charge in [0.15, 0.2) is 0 Å². The molecule has 0 radical (unpaired) electrons. The van der Waals surface area contributed by atoms with Crippen molar-refractivity contribution < 1.29 is 4.39 Å². The summed E-state index contributed by atoms with van der Waals surface area (Å²) in [4.78, 5) is 0. The van der Waals surface area contributed by atoms with Crippen LogP contribution in [0.4, 0.5) is 4.39 Å². The second-order valence-corrected chi connectivity index (χ2v) is 4.58. The van der Waals surface area contributed by atoms with Gasteiger partial charge in [-0.15, -0.1) is 12.4 Å². The van der Waals surface area contributed by atoms with E-state index in [9.17, 15) is 4.39 Å². The minimum absolute atomic E-state index is 0. The Morgan fingerprint density at radius 3 is 2.47 bits per heavy atom. The number of benzene rings is 1. The van der Waals surface area contributed by atoms with Crippen LogP contribution in [0, 0.1) is 5.82 Å². The van der Waals surface area contributed by atoms with E-state index < -0.39 is 0 Å². The lowest BCUT2D eigenvalue weighted by molar-refractivity contribution is 0.340. The summed E-state index contributed by atoms with van der Waals surface area (Å²) in [5.74, 6) is -0.123. The largest absolute Gasteiger partial charge is 0.328 e. The Balaban J connectivity index is 0.00000144. The molecule has 4 heteroatoms. The fraction of sp³-hybridized carbons (Fsp3) is 0.538. The molecule has 1 aromatic rings. The average Bonchev–Trinajstić information content (AvgIpc) is 2.30. The van der Waals surface area contributed by atoms with E-state index in [0.717, 1.165) is 31.2 Å².